The van der Waals surface area contributed by atoms with E-state index in [0.29, 0.717) is 33.6 Å². The number of benzene rings is 3. The highest BCUT2D eigenvalue weighted by Crippen LogP contribution is 2.35. The van der Waals surface area contributed by atoms with Crippen molar-refractivity contribution in [1.82, 2.24) is 0 Å². The summed E-state index contributed by atoms with van der Waals surface area (Å²) in [6, 6.07) is 21.4. The van der Waals surface area contributed by atoms with Gasteiger partial charge < -0.3 is 18.6 Å². The van der Waals surface area contributed by atoms with E-state index in [2.05, 4.69) is 0 Å². The summed E-state index contributed by atoms with van der Waals surface area (Å²) in [5.74, 6) is 0.987. The second-order valence-corrected chi connectivity index (χ2v) is 6.88. The molecule has 0 spiro atoms. The summed E-state index contributed by atoms with van der Waals surface area (Å²) in [5.41, 5.74) is 1.79. The molecule has 0 amide bonds. The lowest BCUT2D eigenvalue weighted by atomic mass is 10.1. The zero-order valence-electron chi connectivity index (χ0n) is 16.2. The first-order valence-electron chi connectivity index (χ1n) is 9.59. The number of carbonyl (C=O) groups excluding carboxylic acids is 1. The third-order valence-electron chi connectivity index (χ3n) is 4.82. The molecule has 0 fully saturated rings. The molecule has 5 rings (SSSR count). The van der Waals surface area contributed by atoms with Crippen LogP contribution in [0.3, 0.4) is 0 Å². The van der Waals surface area contributed by atoms with Crippen LogP contribution in [0, 0.1) is 0 Å². The summed E-state index contributed by atoms with van der Waals surface area (Å²) >= 11 is 0. The minimum absolute atomic E-state index is 0.160. The van der Waals surface area contributed by atoms with Crippen LogP contribution in [-0.2, 0) is 4.79 Å². The molecular weight excluding hydrogens is 396 g/mol. The monoisotopic (exact) mass is 412 g/mol. The first kappa shape index (κ1) is 18.7. The van der Waals surface area contributed by atoms with Gasteiger partial charge in [-0.1, -0.05) is 36.4 Å². The van der Waals surface area contributed by atoms with Crippen LogP contribution in [0.1, 0.15) is 5.56 Å². The average molecular weight is 412 g/mol. The van der Waals surface area contributed by atoms with Gasteiger partial charge in [0.2, 0.25) is 6.79 Å². The highest BCUT2D eigenvalue weighted by Gasteiger charge is 2.16. The van der Waals surface area contributed by atoms with Crippen LogP contribution in [0.15, 0.2) is 88.1 Å². The highest BCUT2D eigenvalue weighted by atomic mass is 16.7. The Labute approximate surface area is 176 Å². The van der Waals surface area contributed by atoms with Crippen LogP contribution in [-0.4, -0.2) is 12.8 Å². The third kappa shape index (κ3) is 3.91. The molecule has 6 nitrogen and oxygen atoms in total. The van der Waals surface area contributed by atoms with Crippen molar-refractivity contribution in [2.24, 2.45) is 0 Å². The van der Waals surface area contributed by atoms with Gasteiger partial charge in [-0.05, 0) is 47.5 Å². The van der Waals surface area contributed by atoms with Crippen LogP contribution in [0.2, 0.25) is 0 Å². The van der Waals surface area contributed by atoms with Gasteiger partial charge in [0.25, 0.3) is 0 Å². The lowest BCUT2D eigenvalue weighted by molar-refractivity contribution is -0.128. The van der Waals surface area contributed by atoms with E-state index in [1.54, 1.807) is 42.5 Å². The van der Waals surface area contributed by atoms with Crippen LogP contribution in [0.4, 0.5) is 0 Å². The van der Waals surface area contributed by atoms with Crippen molar-refractivity contribution in [3.8, 4) is 28.4 Å². The Hall–Kier alpha value is -4.32. The summed E-state index contributed by atoms with van der Waals surface area (Å²) in [5, 5.41) is 0.701. The van der Waals surface area contributed by atoms with Gasteiger partial charge in [0.05, 0.1) is 5.56 Å². The van der Waals surface area contributed by atoms with Gasteiger partial charge in [0.1, 0.15) is 11.3 Å². The van der Waals surface area contributed by atoms with Gasteiger partial charge in [0, 0.05) is 17.5 Å². The quantitative estimate of drug-likeness (QED) is 0.207. The predicted molar refractivity (Wildman–Crippen MR) is 115 cm³/mol. The molecule has 0 radical (unpaired) electrons. The van der Waals surface area contributed by atoms with E-state index < -0.39 is 11.6 Å². The normalized spacial score (nSPS) is 12.4. The first-order valence-corrected chi connectivity index (χ1v) is 9.59. The Morgan fingerprint density at radius 2 is 1.74 bits per heavy atom. The number of hydrogen-bond acceptors (Lipinski definition) is 6. The molecule has 1 aromatic heterocycles. The van der Waals surface area contributed by atoms with E-state index in [9.17, 15) is 9.59 Å². The van der Waals surface area contributed by atoms with Gasteiger partial charge in [-0.2, -0.15) is 0 Å². The fourth-order valence-corrected chi connectivity index (χ4v) is 3.30. The lowest BCUT2D eigenvalue weighted by Gasteiger charge is -2.06. The zero-order chi connectivity index (χ0) is 21.2. The second-order valence-electron chi connectivity index (χ2n) is 6.88. The standard InChI is InChI=1S/C25H16O6/c26-24(11-6-16-4-2-1-3-5-16)30-19-9-7-18-12-20(25(27)31-22(18)14-19)17-8-10-21-23(13-17)29-15-28-21/h1-14H,15H2. The van der Waals surface area contributed by atoms with E-state index in [-0.39, 0.29) is 12.5 Å². The molecule has 31 heavy (non-hydrogen) atoms. The maximum Gasteiger partial charge on any atom is 0.344 e. The second kappa shape index (κ2) is 7.84. The number of fused-ring (bicyclic) bond motifs is 2. The predicted octanol–water partition coefficient (Wildman–Crippen LogP) is 4.81. The van der Waals surface area contributed by atoms with E-state index >= 15 is 0 Å². The van der Waals surface area contributed by atoms with Crippen LogP contribution < -0.4 is 19.8 Å². The fraction of sp³-hybridized carbons (Fsp3) is 0.0400. The van der Waals surface area contributed by atoms with Crippen molar-refractivity contribution < 1.29 is 23.4 Å². The molecule has 0 bridgehead atoms. The van der Waals surface area contributed by atoms with Crippen LogP contribution in [0.5, 0.6) is 17.2 Å². The van der Waals surface area contributed by atoms with Gasteiger partial charge in [-0.3, -0.25) is 0 Å². The molecule has 0 saturated carbocycles. The summed E-state index contributed by atoms with van der Waals surface area (Å²) in [7, 11) is 0. The number of carbonyl (C=O) groups is 1. The smallest absolute Gasteiger partial charge is 0.344 e. The van der Waals surface area contributed by atoms with Gasteiger partial charge in [-0.25, -0.2) is 9.59 Å². The summed E-state index contributed by atoms with van der Waals surface area (Å²) < 4.78 is 21.5. The van der Waals surface area contributed by atoms with Crippen molar-refractivity contribution in [2.45, 2.75) is 0 Å². The van der Waals surface area contributed by atoms with Crippen molar-refractivity contribution >= 4 is 23.0 Å². The van der Waals surface area contributed by atoms with Crippen molar-refractivity contribution in [1.29, 1.82) is 0 Å². The maximum atomic E-state index is 12.6. The number of hydrogen-bond donors (Lipinski definition) is 0. The Balaban J connectivity index is 1.39. The van der Waals surface area contributed by atoms with Crippen molar-refractivity contribution in [3.05, 3.63) is 94.9 Å². The first-order chi connectivity index (χ1) is 15.2. The van der Waals surface area contributed by atoms with E-state index in [0.717, 1.165) is 5.56 Å². The Morgan fingerprint density at radius 3 is 2.61 bits per heavy atom. The maximum absolute atomic E-state index is 12.6. The van der Waals surface area contributed by atoms with Crippen LogP contribution >= 0.6 is 0 Å². The fourth-order valence-electron chi connectivity index (χ4n) is 3.30. The van der Waals surface area contributed by atoms with E-state index in [1.807, 2.05) is 30.3 Å². The molecule has 1 aliphatic rings. The van der Waals surface area contributed by atoms with Crippen molar-refractivity contribution in [3.63, 3.8) is 0 Å². The molecule has 0 unspecified atom stereocenters. The van der Waals surface area contributed by atoms with E-state index in [4.69, 9.17) is 18.6 Å². The molecule has 1 aliphatic heterocycles. The molecule has 6 heteroatoms. The topological polar surface area (TPSA) is 75.0 Å². The number of esters is 1. The molecular formula is C25H16O6. The molecule has 3 aromatic carbocycles. The SMILES string of the molecule is O=C(C=Cc1ccccc1)Oc1ccc2cc(-c3ccc4c(c3)OCO4)c(=O)oc2c1. The van der Waals surface area contributed by atoms with Gasteiger partial charge >= 0.3 is 11.6 Å². The zero-order valence-corrected chi connectivity index (χ0v) is 16.2. The molecule has 2 heterocycles. The Morgan fingerprint density at radius 1 is 0.903 bits per heavy atom. The third-order valence-corrected chi connectivity index (χ3v) is 4.82. The average Bonchev–Trinajstić information content (AvgIpc) is 3.26. The summed E-state index contributed by atoms with van der Waals surface area (Å²) in [6.45, 7) is 0.160. The molecule has 152 valence electrons. The molecule has 4 aromatic rings. The molecule has 0 saturated heterocycles. The highest BCUT2D eigenvalue weighted by molar-refractivity contribution is 5.90. The minimum Gasteiger partial charge on any atom is -0.454 e. The molecule has 0 aliphatic carbocycles. The lowest BCUT2D eigenvalue weighted by Crippen LogP contribution is -2.05. The number of ether oxygens (including phenoxy) is 3. The largest absolute Gasteiger partial charge is 0.454 e. The molecule has 0 atom stereocenters. The number of rotatable bonds is 4. The van der Waals surface area contributed by atoms with Crippen molar-refractivity contribution in [2.75, 3.05) is 6.79 Å². The Kier molecular flexibility index (Phi) is 4.72. The van der Waals surface area contributed by atoms with Gasteiger partial charge in [-0.15, -0.1) is 0 Å². The Bertz CT molecular complexity index is 1370. The van der Waals surface area contributed by atoms with Gasteiger partial charge in [0.15, 0.2) is 11.5 Å². The summed E-state index contributed by atoms with van der Waals surface area (Å²) in [4.78, 5) is 24.7. The minimum atomic E-state index is -0.525. The summed E-state index contributed by atoms with van der Waals surface area (Å²) in [6.07, 6.45) is 3.01. The van der Waals surface area contributed by atoms with E-state index in [1.165, 1.54) is 12.1 Å². The molecule has 0 N–H and O–H groups in total. The van der Waals surface area contributed by atoms with Crippen LogP contribution in [0.25, 0.3) is 28.2 Å².